The van der Waals surface area contributed by atoms with Gasteiger partial charge >= 0.3 is 0 Å². The molecule has 1 fully saturated rings. The van der Waals surface area contributed by atoms with E-state index in [4.69, 9.17) is 9.15 Å². The lowest BCUT2D eigenvalue weighted by molar-refractivity contribution is -0.0440. The first-order chi connectivity index (χ1) is 12.9. The van der Waals surface area contributed by atoms with Gasteiger partial charge in [0, 0.05) is 25.2 Å². The number of furan rings is 1. The molecule has 1 saturated heterocycles. The normalized spacial score (nSPS) is 21.1. The lowest BCUT2D eigenvalue weighted by Crippen LogP contribution is -2.49. The Balaban J connectivity index is 1.60. The van der Waals surface area contributed by atoms with E-state index in [9.17, 15) is 13.2 Å². The minimum absolute atomic E-state index is 0.0101. The fourth-order valence-corrected chi connectivity index (χ4v) is 4.68. The molecule has 3 rings (SSSR count). The van der Waals surface area contributed by atoms with Crippen molar-refractivity contribution in [3.05, 3.63) is 48.4 Å². The van der Waals surface area contributed by atoms with E-state index in [0.717, 1.165) is 5.56 Å². The van der Waals surface area contributed by atoms with Crippen LogP contribution in [0.4, 0.5) is 0 Å². The van der Waals surface area contributed by atoms with Gasteiger partial charge in [-0.25, -0.2) is 8.42 Å². The minimum atomic E-state index is -3.47. The van der Waals surface area contributed by atoms with E-state index in [0.29, 0.717) is 18.7 Å². The van der Waals surface area contributed by atoms with Crippen LogP contribution >= 0.6 is 0 Å². The first-order valence-corrected chi connectivity index (χ1v) is 10.5. The van der Waals surface area contributed by atoms with Gasteiger partial charge in [-0.1, -0.05) is 30.3 Å². The zero-order valence-electron chi connectivity index (χ0n) is 15.4. The third-order valence-electron chi connectivity index (χ3n) is 4.38. The van der Waals surface area contributed by atoms with Crippen LogP contribution < -0.4 is 5.32 Å². The van der Waals surface area contributed by atoms with E-state index in [1.807, 2.05) is 44.2 Å². The summed E-state index contributed by atoms with van der Waals surface area (Å²) in [7, 11) is -3.47. The largest absolute Gasteiger partial charge is 0.459 e. The second kappa shape index (κ2) is 8.24. The molecule has 27 heavy (non-hydrogen) atoms. The molecule has 0 spiro atoms. The number of nitrogens with zero attached hydrogens (tertiary/aromatic N) is 1. The second-order valence-electron chi connectivity index (χ2n) is 6.68. The SMILES string of the molecule is C[C@@H]1CN(S(=O)(=O)CCNC(=O)c2occc2-c2ccccc2)C[C@H](C)O1. The summed E-state index contributed by atoms with van der Waals surface area (Å²) in [6.45, 7) is 4.37. The van der Waals surface area contributed by atoms with E-state index in [1.54, 1.807) is 6.07 Å². The van der Waals surface area contributed by atoms with Crippen LogP contribution in [0.1, 0.15) is 24.4 Å². The number of hydrogen-bond donors (Lipinski definition) is 1. The fraction of sp³-hybridized carbons (Fsp3) is 0.421. The maximum absolute atomic E-state index is 12.5. The molecule has 7 nitrogen and oxygen atoms in total. The predicted molar refractivity (Wildman–Crippen MR) is 102 cm³/mol. The van der Waals surface area contributed by atoms with Crippen molar-refractivity contribution in [1.29, 1.82) is 0 Å². The van der Waals surface area contributed by atoms with Gasteiger partial charge in [0.1, 0.15) is 0 Å². The molecule has 0 unspecified atom stereocenters. The molecule has 0 radical (unpaired) electrons. The van der Waals surface area contributed by atoms with Crippen LogP contribution in [0.15, 0.2) is 47.1 Å². The molecule has 2 atom stereocenters. The Morgan fingerprint density at radius 1 is 1.15 bits per heavy atom. The van der Waals surface area contributed by atoms with E-state index >= 15 is 0 Å². The molecule has 2 heterocycles. The molecular formula is C19H24N2O5S. The molecule has 8 heteroatoms. The Kier molecular flexibility index (Phi) is 5.98. The molecule has 1 aliphatic rings. The lowest BCUT2D eigenvalue weighted by atomic mass is 10.1. The third kappa shape index (κ3) is 4.77. The van der Waals surface area contributed by atoms with Crippen molar-refractivity contribution >= 4 is 15.9 Å². The average molecular weight is 392 g/mol. The van der Waals surface area contributed by atoms with Gasteiger partial charge in [-0.15, -0.1) is 0 Å². The summed E-state index contributed by atoms with van der Waals surface area (Å²) in [6, 6.07) is 11.1. The average Bonchev–Trinajstić information content (AvgIpc) is 3.11. The minimum Gasteiger partial charge on any atom is -0.459 e. The maximum Gasteiger partial charge on any atom is 0.287 e. The van der Waals surface area contributed by atoms with Crippen LogP contribution in [-0.4, -0.2) is 56.2 Å². The monoisotopic (exact) mass is 392 g/mol. The van der Waals surface area contributed by atoms with Gasteiger partial charge < -0.3 is 14.5 Å². The van der Waals surface area contributed by atoms with Crippen molar-refractivity contribution in [2.45, 2.75) is 26.1 Å². The fourth-order valence-electron chi connectivity index (χ4n) is 3.19. The van der Waals surface area contributed by atoms with Crippen LogP contribution in [-0.2, 0) is 14.8 Å². The Morgan fingerprint density at radius 2 is 1.81 bits per heavy atom. The van der Waals surface area contributed by atoms with E-state index in [1.165, 1.54) is 10.6 Å². The molecule has 1 aromatic heterocycles. The van der Waals surface area contributed by atoms with Gasteiger partial charge in [0.25, 0.3) is 5.91 Å². The summed E-state index contributed by atoms with van der Waals surface area (Å²) in [5, 5.41) is 2.64. The summed E-state index contributed by atoms with van der Waals surface area (Å²) in [6.07, 6.45) is 1.16. The zero-order valence-corrected chi connectivity index (χ0v) is 16.2. The summed E-state index contributed by atoms with van der Waals surface area (Å²) >= 11 is 0. The summed E-state index contributed by atoms with van der Waals surface area (Å²) in [5.74, 6) is -0.426. The van der Waals surface area contributed by atoms with Crippen molar-refractivity contribution < 1.29 is 22.4 Å². The van der Waals surface area contributed by atoms with Gasteiger partial charge in [0.2, 0.25) is 10.0 Å². The Labute approximate surface area is 159 Å². The van der Waals surface area contributed by atoms with Crippen LogP contribution in [0.3, 0.4) is 0 Å². The standard InChI is InChI=1S/C19H24N2O5S/c1-14-12-21(13-15(2)26-14)27(23,24)11-9-20-19(22)18-17(8-10-25-18)16-6-4-3-5-7-16/h3-8,10,14-15H,9,11-13H2,1-2H3,(H,20,22)/t14-,15+. The lowest BCUT2D eigenvalue weighted by Gasteiger charge is -2.34. The number of ether oxygens (including phenoxy) is 1. The number of carbonyl (C=O) groups excluding carboxylic acids is 1. The molecule has 1 aliphatic heterocycles. The highest BCUT2D eigenvalue weighted by Gasteiger charge is 2.30. The van der Waals surface area contributed by atoms with Gasteiger partial charge in [-0.3, -0.25) is 4.79 Å². The van der Waals surface area contributed by atoms with Gasteiger partial charge in [0.15, 0.2) is 5.76 Å². The molecule has 0 saturated carbocycles. The highest BCUT2D eigenvalue weighted by molar-refractivity contribution is 7.89. The van der Waals surface area contributed by atoms with Gasteiger partial charge in [-0.05, 0) is 25.5 Å². The third-order valence-corrected chi connectivity index (χ3v) is 6.19. The number of benzene rings is 1. The van der Waals surface area contributed by atoms with Crippen molar-refractivity contribution in [2.75, 3.05) is 25.4 Å². The molecule has 0 aliphatic carbocycles. The van der Waals surface area contributed by atoms with Crippen molar-refractivity contribution in [1.82, 2.24) is 9.62 Å². The summed E-state index contributed by atoms with van der Waals surface area (Å²) < 4.78 is 37.4. The van der Waals surface area contributed by atoms with E-state index < -0.39 is 15.9 Å². The molecule has 1 amide bonds. The second-order valence-corrected chi connectivity index (χ2v) is 8.76. The van der Waals surface area contributed by atoms with Crippen molar-refractivity contribution in [2.24, 2.45) is 0 Å². The molecule has 1 N–H and O–H groups in total. The van der Waals surface area contributed by atoms with E-state index in [2.05, 4.69) is 5.32 Å². The van der Waals surface area contributed by atoms with Crippen molar-refractivity contribution in [3.8, 4) is 11.1 Å². The summed E-state index contributed by atoms with van der Waals surface area (Å²) in [5.41, 5.74) is 1.53. The van der Waals surface area contributed by atoms with Crippen LogP contribution in [0.2, 0.25) is 0 Å². The highest BCUT2D eigenvalue weighted by atomic mass is 32.2. The molecule has 2 aromatic rings. The number of nitrogens with one attached hydrogen (secondary N) is 1. The number of carbonyl (C=O) groups is 1. The van der Waals surface area contributed by atoms with Crippen LogP contribution in [0, 0.1) is 0 Å². The smallest absolute Gasteiger partial charge is 0.287 e. The van der Waals surface area contributed by atoms with Gasteiger partial charge in [0.05, 0.1) is 24.2 Å². The number of rotatable bonds is 6. The highest BCUT2D eigenvalue weighted by Crippen LogP contribution is 2.24. The summed E-state index contributed by atoms with van der Waals surface area (Å²) in [4.78, 5) is 12.4. The molecule has 146 valence electrons. The Morgan fingerprint density at radius 3 is 2.48 bits per heavy atom. The van der Waals surface area contributed by atoms with Gasteiger partial charge in [-0.2, -0.15) is 4.31 Å². The topological polar surface area (TPSA) is 88.9 Å². The quantitative estimate of drug-likeness (QED) is 0.813. The van der Waals surface area contributed by atoms with Crippen molar-refractivity contribution in [3.63, 3.8) is 0 Å². The van der Waals surface area contributed by atoms with Crippen LogP contribution in [0.5, 0.6) is 0 Å². The Hall–Kier alpha value is -2.16. The molecular weight excluding hydrogens is 368 g/mol. The number of amides is 1. The maximum atomic E-state index is 12.5. The number of morpholine rings is 1. The predicted octanol–water partition coefficient (Wildman–Crippen LogP) is 2.12. The Bertz CT molecular complexity index is 869. The van der Waals surface area contributed by atoms with Crippen LogP contribution in [0.25, 0.3) is 11.1 Å². The molecule has 0 bridgehead atoms. The van der Waals surface area contributed by atoms with E-state index in [-0.39, 0.29) is 30.3 Å². The first-order valence-electron chi connectivity index (χ1n) is 8.91. The zero-order chi connectivity index (χ0) is 19.4. The molecule has 1 aromatic carbocycles. The first kappa shape index (κ1) is 19.6. The number of hydrogen-bond acceptors (Lipinski definition) is 5. The number of sulfonamides is 1.